The number of benzene rings is 8. The summed E-state index contributed by atoms with van der Waals surface area (Å²) in [4.78, 5) is 99.4. The molecule has 0 aromatic heterocycles. The lowest BCUT2D eigenvalue weighted by atomic mass is 10.2. The first-order valence-corrected chi connectivity index (χ1v) is 87.3. The molecule has 36 nitrogen and oxygen atoms in total. The molecule has 800 valence electrons. The van der Waals surface area contributed by atoms with Crippen molar-refractivity contribution >= 4 is 187 Å². The normalized spacial score (nSPS) is 22.5. The van der Waals surface area contributed by atoms with E-state index in [0.717, 1.165) is 44.5 Å². The van der Waals surface area contributed by atoms with Crippen molar-refractivity contribution in [2.24, 2.45) is 0 Å². The SMILES string of the molecule is CC(=O)Oc1ccc(CC[Si](C)(C)O[Si]23O[Si]4(O[Si](C)(C)CCc5ccc(OC(C)=O)cc5)O[Si]5(O[Si](C)(C)CCc6ccc(OC(C)=O)cc6)O[Si](O[Si](C)(C)CCc6ccc(OC(C)=O)cc6)(O2)O[Si]2(O[Si](C)(C)CCc6ccc(OC(C)=O)cc6)O[Si](O[Si](C)(C)CCc6ccc(OC(C)=O)cc6)(O3)O[Si](O[Si](C)(C)CCc3ccc(OC(C)=O)cc3)(O4)O[Si](O[Si](C)(C)CCc3ccc(OC(C)=O)cc3)(O5)O2)cc1. The minimum Gasteiger partial charge on any atom is -0.427 e. The maximum Gasteiger partial charge on any atom is 0.651 e. The predicted octanol–water partition coefficient (Wildman–Crippen LogP) is 18.9. The van der Waals surface area contributed by atoms with Crippen LogP contribution in [0, 0.1) is 0 Å². The third-order valence-electron chi connectivity index (χ3n) is 23.8. The fourth-order valence-corrected chi connectivity index (χ4v) is 89.4. The molecule has 148 heavy (non-hydrogen) atoms. The van der Waals surface area contributed by atoms with E-state index in [1.807, 2.05) is 202 Å². The first-order chi connectivity index (χ1) is 69.1. The van der Waals surface area contributed by atoms with E-state index in [0.29, 0.717) is 97.4 Å². The molecule has 0 unspecified atom stereocenters. The van der Waals surface area contributed by atoms with Crippen LogP contribution in [-0.4, -0.2) is 187 Å². The molecule has 0 aliphatic carbocycles. The number of rotatable bonds is 48. The Morgan fingerprint density at radius 2 is 0.243 bits per heavy atom. The van der Waals surface area contributed by atoms with E-state index in [9.17, 15) is 38.4 Å². The zero-order valence-corrected chi connectivity index (χ0v) is 104. The van der Waals surface area contributed by atoms with Crippen LogP contribution in [0.25, 0.3) is 0 Å². The van der Waals surface area contributed by atoms with Crippen LogP contribution in [0.4, 0.5) is 0 Å². The second-order valence-electron chi connectivity index (χ2n) is 42.0. The lowest BCUT2D eigenvalue weighted by molar-refractivity contribution is -0.135. The highest BCUT2D eigenvalue weighted by Crippen LogP contribution is 2.55. The van der Waals surface area contributed by atoms with Gasteiger partial charge in [-0.25, -0.2) is 0 Å². The Hall–Kier alpha value is -7.81. The molecule has 6 aliphatic rings. The smallest absolute Gasteiger partial charge is 0.427 e. The molecule has 0 atom stereocenters. The molecular formula is C96H136O36Si16. The summed E-state index contributed by atoms with van der Waals surface area (Å²) in [5.41, 5.74) is 6.51. The average Bonchev–Trinajstić information content (AvgIpc) is 0.674. The van der Waals surface area contributed by atoms with Crippen molar-refractivity contribution in [2.75, 3.05) is 0 Å². The number of aryl methyl sites for hydroxylation is 8. The van der Waals surface area contributed by atoms with Crippen molar-refractivity contribution in [3.63, 3.8) is 0 Å². The molecule has 52 heteroatoms. The molecule has 14 rings (SSSR count). The van der Waals surface area contributed by atoms with Crippen LogP contribution >= 0.6 is 0 Å². The first kappa shape index (κ1) is 117. The number of hydrogen-bond donors (Lipinski definition) is 0. The number of hydrogen-bond acceptors (Lipinski definition) is 36. The minimum absolute atomic E-state index is 0.246. The molecule has 8 aromatic rings. The van der Waals surface area contributed by atoms with E-state index >= 15 is 0 Å². The Morgan fingerprint density at radius 3 is 0.318 bits per heavy atom. The Balaban J connectivity index is 1.13. The van der Waals surface area contributed by atoms with Gasteiger partial charge >= 0.3 is 120 Å². The Labute approximate surface area is 883 Å². The van der Waals surface area contributed by atoms with Gasteiger partial charge < -0.3 is 120 Å². The standard InChI is InChI=1S/C96H136O36Si16/c1-73(97)105-89-41-25-81(26-42-89)57-65-133(9,10)113-141-121-142(114-134(11,12)66-58-82-27-43-90(44-28-82)106-74(2)98)124-145(117-137(17,18)69-61-85-33-49-93(50-34-85)109-77(5)101)126-143(122-141,115-135(13,14)67-59-83-29-45-91(46-30-83)107-75(3)99)128-147(119-139(21,22)71-63-87-37-53-95(54-38-87)111-79(7)103)129-144(123-141,116-136(15,16)68-60-84-31-47-92(48-32-84)108-76(4)100)127-146(125-142,118-138(19,20)70-62-86-35-51-94(52-36-86)110-78(6)102)131-148(130-145,132-147)120-140(23,24)72-64-88-39-55-96(56-40-88)112-80(8)104/h25-56H,57-72H2,1-24H3. The molecule has 0 radical (unpaired) electrons. The van der Waals surface area contributed by atoms with Crippen LogP contribution < -0.4 is 37.9 Å². The van der Waals surface area contributed by atoms with Crippen molar-refractivity contribution in [2.45, 2.75) is 260 Å². The van der Waals surface area contributed by atoms with Gasteiger partial charge in [-0.1, -0.05) is 97.1 Å². The summed E-state index contributed by atoms with van der Waals surface area (Å²) >= 11 is 0. The molecule has 8 aromatic carbocycles. The van der Waals surface area contributed by atoms with Gasteiger partial charge in [0.25, 0.3) is 0 Å². The molecule has 6 saturated heterocycles. The van der Waals surface area contributed by atoms with Crippen molar-refractivity contribution in [1.82, 2.24) is 0 Å². The lowest BCUT2D eigenvalue weighted by Crippen LogP contribution is -2.93. The second-order valence-corrected chi connectivity index (χ2v) is 98.5. The number of esters is 8. The van der Waals surface area contributed by atoms with Gasteiger partial charge in [-0.15, -0.1) is 0 Å². The number of carbonyl (C=O) groups excluding carboxylic acids is 8. The molecule has 6 fully saturated rings. The van der Waals surface area contributed by atoms with E-state index in [2.05, 4.69) is 0 Å². The number of carbonyl (C=O) groups is 8. The monoisotopic (exact) mass is 2310 g/mol. The van der Waals surface area contributed by atoms with Crippen LogP contribution in [-0.2, 0) is 172 Å². The fourth-order valence-electron chi connectivity index (χ4n) is 16.6. The summed E-state index contributed by atoms with van der Waals surface area (Å²) in [7, 11) is -78.9. The highest BCUT2D eigenvalue weighted by molar-refractivity contribution is 7.05. The van der Waals surface area contributed by atoms with Gasteiger partial charge in [0.1, 0.15) is 46.0 Å². The van der Waals surface area contributed by atoms with Crippen LogP contribution in [0.5, 0.6) is 46.0 Å². The van der Waals surface area contributed by atoms with Crippen LogP contribution in [0.2, 0.25) is 153 Å². The Morgan fingerprint density at radius 1 is 0.162 bits per heavy atom. The van der Waals surface area contributed by atoms with E-state index < -0.39 is 187 Å². The summed E-state index contributed by atoms with van der Waals surface area (Å²) in [6.07, 6.45) is 2.58. The van der Waals surface area contributed by atoms with Gasteiger partial charge in [0, 0.05) is 55.4 Å². The topological polar surface area (TPSA) is 395 Å². The van der Waals surface area contributed by atoms with Gasteiger partial charge in [0.2, 0.25) is 0 Å². The highest BCUT2D eigenvalue weighted by Gasteiger charge is 2.93. The lowest BCUT2D eigenvalue weighted by Gasteiger charge is -2.61. The number of ether oxygens (including phenoxy) is 8. The van der Waals surface area contributed by atoms with Crippen molar-refractivity contribution in [3.05, 3.63) is 239 Å². The van der Waals surface area contributed by atoms with Crippen LogP contribution in [0.15, 0.2) is 194 Å². The zero-order valence-electron chi connectivity index (χ0n) is 88.5. The molecule has 6 aliphatic heterocycles. The fraction of sp³-hybridized carbons (Fsp3) is 0.417. The Bertz CT molecular complexity index is 4840. The average molecular weight is 2320 g/mol. The van der Waals surface area contributed by atoms with Crippen molar-refractivity contribution in [1.29, 1.82) is 0 Å². The molecule has 6 heterocycles. The van der Waals surface area contributed by atoms with Crippen LogP contribution in [0.3, 0.4) is 0 Å². The summed E-state index contributed by atoms with van der Waals surface area (Å²) in [5, 5.41) is 0. The molecule has 0 spiro atoms. The maximum absolute atomic E-state index is 12.4. The summed E-state index contributed by atoms with van der Waals surface area (Å²) < 4.78 is 212. The molecular weight excluding hydrogens is 2180 g/mol. The minimum atomic E-state index is -6.06. The van der Waals surface area contributed by atoms with Gasteiger partial charge in [0.15, 0.2) is 66.5 Å². The van der Waals surface area contributed by atoms with Gasteiger partial charge in [-0.05, 0) is 346 Å². The molecule has 8 bridgehead atoms. The van der Waals surface area contributed by atoms with E-state index in [-0.39, 0.29) is 48.4 Å². The molecule has 0 N–H and O–H groups in total. The predicted molar refractivity (Wildman–Crippen MR) is 578 cm³/mol. The van der Waals surface area contributed by atoms with E-state index in [1.54, 1.807) is 97.1 Å². The summed E-state index contributed by atoms with van der Waals surface area (Å²) in [6, 6.07) is 58.9. The van der Waals surface area contributed by atoms with Crippen LogP contribution in [0.1, 0.15) is 99.9 Å². The van der Waals surface area contributed by atoms with Gasteiger partial charge in [-0.3, -0.25) is 38.4 Å². The molecule has 0 amide bonds. The maximum atomic E-state index is 12.4. The molecule has 0 saturated carbocycles. The summed E-state index contributed by atoms with van der Waals surface area (Å²) in [6.45, 7) is 41.9. The summed E-state index contributed by atoms with van der Waals surface area (Å²) in [5.74, 6) is -1.42. The van der Waals surface area contributed by atoms with E-state index in [1.165, 1.54) is 55.4 Å². The van der Waals surface area contributed by atoms with E-state index in [4.69, 9.17) is 120 Å². The third-order valence-corrected chi connectivity index (χ3v) is 85.1. The van der Waals surface area contributed by atoms with Gasteiger partial charge in [-0.2, -0.15) is 0 Å². The van der Waals surface area contributed by atoms with Crippen molar-refractivity contribution in [3.8, 4) is 46.0 Å². The van der Waals surface area contributed by atoms with Gasteiger partial charge in [0.05, 0.1) is 0 Å². The third kappa shape index (κ3) is 35.1. The zero-order chi connectivity index (χ0) is 108. The quantitative estimate of drug-likeness (QED) is 0.0194. The Kier molecular flexibility index (Phi) is 37.8. The largest absolute Gasteiger partial charge is 0.651 e. The van der Waals surface area contributed by atoms with Crippen molar-refractivity contribution < 1.29 is 159 Å². The highest BCUT2D eigenvalue weighted by atomic mass is 28.7. The second kappa shape index (κ2) is 47.6. The first-order valence-electron chi connectivity index (χ1n) is 49.3.